The molecule has 26 heavy (non-hydrogen) atoms. The number of nitrogens with zero attached hydrogens (tertiary/aromatic N) is 3. The third kappa shape index (κ3) is 5.65. The van der Waals surface area contributed by atoms with E-state index in [1.54, 1.807) is 24.4 Å². The van der Waals surface area contributed by atoms with Crippen molar-refractivity contribution in [2.24, 2.45) is 4.99 Å². The Kier molecular flexibility index (Phi) is 7.25. The highest BCUT2D eigenvalue weighted by Gasteiger charge is 2.09. The first-order valence-electron chi connectivity index (χ1n) is 8.39. The number of likely N-dealkylation sites (N-methyl/N-ethyl adjacent to an activating group) is 2. The fourth-order valence-corrected chi connectivity index (χ4v) is 2.24. The highest BCUT2D eigenvalue weighted by Crippen LogP contribution is 2.19. The molecule has 2 heterocycles. The second-order valence-electron chi connectivity index (χ2n) is 6.07. The maximum absolute atomic E-state index is 10.8. The van der Waals surface area contributed by atoms with Gasteiger partial charge in [-0.05, 0) is 51.8 Å². The van der Waals surface area contributed by atoms with E-state index in [-0.39, 0.29) is 0 Å². The molecule has 1 aliphatic heterocycles. The Hall–Kier alpha value is -2.77. The van der Waals surface area contributed by atoms with Crippen LogP contribution < -0.4 is 22.0 Å². The molecule has 0 bridgehead atoms. The molecule has 0 amide bonds. The molecule has 0 saturated heterocycles. The predicted octanol–water partition coefficient (Wildman–Crippen LogP) is 0.821. The third-order valence-electron chi connectivity index (χ3n) is 3.55. The molecule has 1 aliphatic rings. The fraction of sp³-hybridized carbons (Fsp3) is 0.316. The normalized spacial score (nSPS) is 12.3. The summed E-state index contributed by atoms with van der Waals surface area (Å²) in [7, 11) is 6.10. The number of rotatable bonds is 5. The molecule has 0 radical (unpaired) electrons. The number of aldehydes is 1. The Bertz CT molecular complexity index is 884. The lowest BCUT2D eigenvalue weighted by Crippen LogP contribution is -2.23. The van der Waals surface area contributed by atoms with Crippen molar-refractivity contribution in [3.05, 3.63) is 46.9 Å². The number of hydrogen-bond acceptors (Lipinski definition) is 7. The topological polar surface area (TPSA) is 96.8 Å². The van der Waals surface area contributed by atoms with E-state index in [1.807, 2.05) is 19.2 Å². The molecule has 0 fully saturated rings. The fourth-order valence-electron chi connectivity index (χ4n) is 2.24. The van der Waals surface area contributed by atoms with Crippen LogP contribution in [0.25, 0.3) is 17.5 Å². The first-order valence-corrected chi connectivity index (χ1v) is 8.39. The second-order valence-corrected chi connectivity index (χ2v) is 6.07. The maximum Gasteiger partial charge on any atom is 0.228 e. The molecule has 0 saturated carbocycles. The number of hydrogen-bond donors (Lipinski definition) is 2. The van der Waals surface area contributed by atoms with Gasteiger partial charge in [-0.2, -0.15) is 4.98 Å². The Morgan fingerprint density at radius 1 is 1.35 bits per heavy atom. The first-order chi connectivity index (χ1) is 12.5. The number of nitrogens with two attached hydrogens (primary N) is 1. The molecular weight excluding hydrogens is 330 g/mol. The van der Waals surface area contributed by atoms with Crippen molar-refractivity contribution in [2.75, 3.05) is 40.0 Å². The summed E-state index contributed by atoms with van der Waals surface area (Å²) in [5, 5.41) is 3.06. The molecule has 2 aromatic rings. The summed E-state index contributed by atoms with van der Waals surface area (Å²) in [5.74, 6) is 0.413. The van der Waals surface area contributed by atoms with Crippen molar-refractivity contribution in [1.82, 2.24) is 15.2 Å². The summed E-state index contributed by atoms with van der Waals surface area (Å²) in [6, 6.07) is 5.00. The molecule has 0 unspecified atom stereocenters. The van der Waals surface area contributed by atoms with Crippen molar-refractivity contribution in [3.8, 4) is 11.5 Å². The maximum atomic E-state index is 10.8. The summed E-state index contributed by atoms with van der Waals surface area (Å²) >= 11 is 0. The van der Waals surface area contributed by atoms with E-state index >= 15 is 0 Å². The average Bonchev–Trinajstić information content (AvgIpc) is 2.90. The van der Waals surface area contributed by atoms with Gasteiger partial charge in [-0.1, -0.05) is 6.08 Å². The number of anilines is 1. The third-order valence-corrected chi connectivity index (χ3v) is 3.55. The lowest BCUT2D eigenvalue weighted by molar-refractivity contribution is 0.112. The number of carbonyl (C=O) groups is 1. The van der Waals surface area contributed by atoms with E-state index in [9.17, 15) is 4.79 Å². The van der Waals surface area contributed by atoms with Gasteiger partial charge in [0.05, 0.1) is 0 Å². The average molecular weight is 355 g/mol. The summed E-state index contributed by atoms with van der Waals surface area (Å²) in [6.45, 7) is 2.20. The molecule has 0 spiro atoms. The van der Waals surface area contributed by atoms with Gasteiger partial charge in [-0.25, -0.2) is 4.99 Å². The van der Waals surface area contributed by atoms with Crippen molar-refractivity contribution < 1.29 is 9.21 Å². The predicted molar refractivity (Wildman–Crippen MR) is 103 cm³/mol. The number of aromatic nitrogens is 1. The zero-order valence-electron chi connectivity index (χ0n) is 15.4. The molecule has 1 aromatic heterocycles. The van der Waals surface area contributed by atoms with E-state index in [4.69, 9.17) is 10.2 Å². The first kappa shape index (κ1) is 19.6. The number of nitrogens with one attached hydrogen (secondary N) is 1. The molecule has 0 atom stereocenters. The van der Waals surface area contributed by atoms with Gasteiger partial charge < -0.3 is 20.4 Å². The minimum atomic E-state index is 0.413. The van der Waals surface area contributed by atoms with Gasteiger partial charge in [0.2, 0.25) is 5.89 Å². The van der Waals surface area contributed by atoms with E-state index < -0.39 is 0 Å². The Labute approximate surface area is 152 Å². The van der Waals surface area contributed by atoms with Crippen molar-refractivity contribution in [2.45, 2.75) is 6.42 Å². The van der Waals surface area contributed by atoms with E-state index in [1.165, 1.54) is 0 Å². The van der Waals surface area contributed by atoms with Crippen LogP contribution >= 0.6 is 0 Å². The van der Waals surface area contributed by atoms with Gasteiger partial charge in [-0.3, -0.25) is 4.79 Å². The van der Waals surface area contributed by atoms with E-state index in [2.05, 4.69) is 34.3 Å². The Morgan fingerprint density at radius 3 is 2.81 bits per heavy atom. The summed E-state index contributed by atoms with van der Waals surface area (Å²) < 4.78 is 5.65. The molecule has 3 N–H and O–H groups in total. The number of nitrogen functional groups attached to an aromatic ring is 1. The van der Waals surface area contributed by atoms with Gasteiger partial charge >= 0.3 is 0 Å². The van der Waals surface area contributed by atoms with Gasteiger partial charge in [0.1, 0.15) is 6.29 Å². The van der Waals surface area contributed by atoms with Gasteiger partial charge in [-0.15, -0.1) is 0 Å². The Morgan fingerprint density at radius 2 is 2.15 bits per heavy atom. The largest absolute Gasteiger partial charge is 0.435 e. The van der Waals surface area contributed by atoms with Crippen molar-refractivity contribution >= 4 is 18.0 Å². The number of carbonyl (C=O) groups excluding carboxylic acids is 1. The summed E-state index contributed by atoms with van der Waals surface area (Å²) in [6.07, 6.45) is 7.02. The van der Waals surface area contributed by atoms with Crippen LogP contribution in [-0.4, -0.2) is 50.4 Å². The molecule has 7 heteroatoms. The molecule has 1 aromatic carbocycles. The van der Waals surface area contributed by atoms with E-state index in [0.29, 0.717) is 33.6 Å². The number of benzene rings is 1. The van der Waals surface area contributed by atoms with Gasteiger partial charge in [0.25, 0.3) is 0 Å². The van der Waals surface area contributed by atoms with Crippen LogP contribution in [0.15, 0.2) is 39.9 Å². The SMILES string of the molecule is CNCCN(C)C.Nc1cc(C=O)cc(-c2nc3c(o2)=CCC=CN=3)c1. The zero-order chi connectivity index (χ0) is 18.9. The lowest BCUT2D eigenvalue weighted by atomic mass is 10.1. The van der Waals surface area contributed by atoms with Crippen LogP contribution in [-0.2, 0) is 0 Å². The minimum absolute atomic E-state index is 0.413. The van der Waals surface area contributed by atoms with Gasteiger partial charge in [0, 0.05) is 36.1 Å². The minimum Gasteiger partial charge on any atom is -0.435 e. The number of allylic oxidation sites excluding steroid dienone is 1. The van der Waals surface area contributed by atoms with Crippen LogP contribution in [0.5, 0.6) is 0 Å². The smallest absolute Gasteiger partial charge is 0.228 e. The molecule has 0 aliphatic carbocycles. The van der Waals surface area contributed by atoms with Crippen LogP contribution in [0.3, 0.4) is 0 Å². The second kappa shape index (κ2) is 9.65. The monoisotopic (exact) mass is 355 g/mol. The number of fused-ring (bicyclic) bond motifs is 1. The standard InChI is InChI=1S/C14H11N3O2.C5H14N2/c15-11-6-9(8-18)5-10(7-11)14-17-13-12(19-14)3-1-2-4-16-13;1-6-4-5-7(2)3/h2-8H,1,15H2;6H,4-5H2,1-3H3. The molecule has 138 valence electrons. The molecular formula is C19H25N5O2. The van der Waals surface area contributed by atoms with Crippen molar-refractivity contribution in [1.29, 1.82) is 0 Å². The molecule has 7 nitrogen and oxygen atoms in total. The molecule has 3 rings (SSSR count). The van der Waals surface area contributed by atoms with E-state index in [0.717, 1.165) is 25.8 Å². The van der Waals surface area contributed by atoms with Crippen molar-refractivity contribution in [3.63, 3.8) is 0 Å². The van der Waals surface area contributed by atoms with Crippen LogP contribution in [0, 0.1) is 0 Å². The Balaban J connectivity index is 0.000000298. The zero-order valence-corrected chi connectivity index (χ0v) is 15.4. The number of oxazole rings is 1. The highest BCUT2D eigenvalue weighted by atomic mass is 16.3. The highest BCUT2D eigenvalue weighted by molar-refractivity contribution is 5.80. The quantitative estimate of drug-likeness (QED) is 0.609. The van der Waals surface area contributed by atoms with Gasteiger partial charge in [0.15, 0.2) is 10.9 Å². The van der Waals surface area contributed by atoms with Crippen LogP contribution in [0.1, 0.15) is 16.8 Å². The lowest BCUT2D eigenvalue weighted by Gasteiger charge is -2.06. The van der Waals surface area contributed by atoms with Crippen LogP contribution in [0.4, 0.5) is 5.69 Å². The summed E-state index contributed by atoms with van der Waals surface area (Å²) in [5.41, 5.74) is 8.58. The summed E-state index contributed by atoms with van der Waals surface area (Å²) in [4.78, 5) is 21.5. The van der Waals surface area contributed by atoms with Crippen LogP contribution in [0.2, 0.25) is 0 Å².